The average Bonchev–Trinajstić information content (AvgIpc) is 3.13. The van der Waals surface area contributed by atoms with Crippen molar-refractivity contribution < 1.29 is 31.5 Å². The fraction of sp³-hybridized carbons (Fsp3) is 0.478. The van der Waals surface area contributed by atoms with E-state index in [1.807, 2.05) is 6.92 Å². The van der Waals surface area contributed by atoms with E-state index in [-0.39, 0.29) is 53.4 Å². The number of hydrogen-bond acceptors (Lipinski definition) is 6. The first-order chi connectivity index (χ1) is 17.4. The van der Waals surface area contributed by atoms with Crippen LogP contribution in [0.2, 0.25) is 5.15 Å². The summed E-state index contributed by atoms with van der Waals surface area (Å²) in [5, 5.41) is 5.96. The number of carbonyl (C=O) groups excluding carboxylic acids is 1. The molecule has 1 aliphatic carbocycles. The minimum absolute atomic E-state index is 0.105. The normalized spacial score (nSPS) is 18.3. The summed E-state index contributed by atoms with van der Waals surface area (Å²) in [7, 11) is 1.63. The number of aromatic nitrogens is 4. The van der Waals surface area contributed by atoms with E-state index < -0.39 is 37.1 Å². The third-order valence-corrected chi connectivity index (χ3v) is 6.56. The molecule has 0 unspecified atom stereocenters. The third-order valence-electron chi connectivity index (χ3n) is 6.28. The molecule has 2 N–H and O–H groups in total. The monoisotopic (exact) mass is 546 g/mol. The van der Waals surface area contributed by atoms with E-state index in [2.05, 4.69) is 25.6 Å². The van der Waals surface area contributed by atoms with Crippen LogP contribution in [0.3, 0.4) is 0 Å². The number of alkyl halides is 5. The molecule has 4 rings (SSSR count). The van der Waals surface area contributed by atoms with Gasteiger partial charge in [-0.3, -0.25) is 9.36 Å². The second-order valence-electron chi connectivity index (χ2n) is 8.86. The predicted molar refractivity (Wildman–Crippen MR) is 127 cm³/mol. The van der Waals surface area contributed by atoms with E-state index in [0.29, 0.717) is 11.6 Å². The van der Waals surface area contributed by atoms with Gasteiger partial charge < -0.3 is 15.4 Å². The number of carbonyl (C=O) groups is 1. The Kier molecular flexibility index (Phi) is 7.72. The maximum Gasteiger partial charge on any atom is 0.391 e. The number of imidazole rings is 1. The average molecular weight is 547 g/mol. The molecule has 1 aliphatic rings. The standard InChI is InChI=1S/C23H24ClF5N6O2/c1-11-7-8-30-18(24)17(11)33-22-32-15-9-14(21(37-10-16(25)26)34-19(15)35(22)2)20(36)31-13-5-3-12(4-6-13)23(27,28)29/h7-9,12-13,16H,3-6,10H2,1-2H3,(H,31,36)(H,32,33). The highest BCUT2D eigenvalue weighted by Gasteiger charge is 2.41. The van der Waals surface area contributed by atoms with Crippen LogP contribution in [0.25, 0.3) is 11.2 Å². The minimum Gasteiger partial charge on any atom is -0.471 e. The van der Waals surface area contributed by atoms with Crippen molar-refractivity contribution in [3.63, 3.8) is 0 Å². The van der Waals surface area contributed by atoms with Crippen LogP contribution in [0.5, 0.6) is 5.88 Å². The SMILES string of the molecule is Cc1ccnc(Cl)c1Nc1nc2cc(C(=O)NC3CCC(C(F)(F)F)CC3)c(OCC(F)F)nc2n1C. The molecular formula is C23H24ClF5N6O2. The van der Waals surface area contributed by atoms with Crippen LogP contribution in [0, 0.1) is 12.8 Å². The number of ether oxygens (including phenoxy) is 1. The molecule has 37 heavy (non-hydrogen) atoms. The zero-order valence-electron chi connectivity index (χ0n) is 19.9. The largest absolute Gasteiger partial charge is 0.471 e. The first kappa shape index (κ1) is 26.8. The molecule has 14 heteroatoms. The molecule has 0 bridgehead atoms. The van der Waals surface area contributed by atoms with Gasteiger partial charge in [0, 0.05) is 19.3 Å². The van der Waals surface area contributed by atoms with Gasteiger partial charge in [0.2, 0.25) is 11.8 Å². The van der Waals surface area contributed by atoms with E-state index >= 15 is 0 Å². The van der Waals surface area contributed by atoms with Crippen molar-refractivity contribution in [2.24, 2.45) is 13.0 Å². The Bertz CT molecular complexity index is 1270. The van der Waals surface area contributed by atoms with E-state index in [4.69, 9.17) is 16.3 Å². The highest BCUT2D eigenvalue weighted by Crippen LogP contribution is 2.37. The van der Waals surface area contributed by atoms with E-state index in [1.54, 1.807) is 19.3 Å². The summed E-state index contributed by atoms with van der Waals surface area (Å²) in [5.41, 5.74) is 1.65. The first-order valence-electron chi connectivity index (χ1n) is 11.5. The smallest absolute Gasteiger partial charge is 0.391 e. The second kappa shape index (κ2) is 10.6. The number of fused-ring (bicyclic) bond motifs is 1. The molecule has 0 saturated heterocycles. The molecule has 3 aromatic rings. The number of nitrogens with zero attached hydrogens (tertiary/aromatic N) is 4. The molecule has 1 saturated carbocycles. The van der Waals surface area contributed by atoms with Gasteiger partial charge in [0.15, 0.2) is 17.4 Å². The van der Waals surface area contributed by atoms with Crippen molar-refractivity contribution in [3.05, 3.63) is 34.6 Å². The quantitative estimate of drug-likeness (QED) is 0.297. The molecule has 3 aromatic heterocycles. The molecule has 0 spiro atoms. The van der Waals surface area contributed by atoms with Gasteiger partial charge >= 0.3 is 6.18 Å². The van der Waals surface area contributed by atoms with Gasteiger partial charge in [-0.25, -0.2) is 18.7 Å². The third kappa shape index (κ3) is 6.03. The Hall–Kier alpha value is -3.22. The Morgan fingerprint density at radius 3 is 2.57 bits per heavy atom. The molecule has 0 radical (unpaired) electrons. The lowest BCUT2D eigenvalue weighted by Gasteiger charge is -2.30. The Morgan fingerprint density at radius 2 is 1.95 bits per heavy atom. The summed E-state index contributed by atoms with van der Waals surface area (Å²) in [6.45, 7) is 0.820. The minimum atomic E-state index is -4.27. The van der Waals surface area contributed by atoms with Crippen LogP contribution in [-0.2, 0) is 7.05 Å². The first-order valence-corrected chi connectivity index (χ1v) is 11.9. The van der Waals surface area contributed by atoms with Crippen molar-refractivity contribution in [2.75, 3.05) is 11.9 Å². The lowest BCUT2D eigenvalue weighted by atomic mass is 9.85. The molecule has 1 fully saturated rings. The summed E-state index contributed by atoms with van der Waals surface area (Å²) in [6, 6.07) is 2.60. The zero-order chi connectivity index (χ0) is 26.9. The molecular weight excluding hydrogens is 523 g/mol. The van der Waals surface area contributed by atoms with Crippen molar-refractivity contribution in [1.29, 1.82) is 0 Å². The number of hydrogen-bond donors (Lipinski definition) is 2. The summed E-state index contributed by atoms with van der Waals surface area (Å²) in [6.07, 6.45) is -5.47. The highest BCUT2D eigenvalue weighted by molar-refractivity contribution is 6.32. The van der Waals surface area contributed by atoms with Crippen LogP contribution >= 0.6 is 11.6 Å². The van der Waals surface area contributed by atoms with Crippen molar-refractivity contribution in [3.8, 4) is 5.88 Å². The lowest BCUT2D eigenvalue weighted by molar-refractivity contribution is -0.182. The highest BCUT2D eigenvalue weighted by atomic mass is 35.5. The molecule has 1 amide bonds. The molecule has 0 aliphatic heterocycles. The van der Waals surface area contributed by atoms with Gasteiger partial charge in [-0.05, 0) is 50.3 Å². The fourth-order valence-electron chi connectivity index (χ4n) is 4.24. The van der Waals surface area contributed by atoms with Gasteiger partial charge in [0.1, 0.15) is 11.1 Å². The van der Waals surface area contributed by atoms with Gasteiger partial charge in [0.25, 0.3) is 12.3 Å². The van der Waals surface area contributed by atoms with Gasteiger partial charge in [-0.1, -0.05) is 11.6 Å². The number of nitrogens with one attached hydrogen (secondary N) is 2. The summed E-state index contributed by atoms with van der Waals surface area (Å²) < 4.78 is 71.3. The van der Waals surface area contributed by atoms with Gasteiger partial charge in [-0.15, -0.1) is 0 Å². The number of aryl methyl sites for hydroxylation is 2. The van der Waals surface area contributed by atoms with Gasteiger partial charge in [0.05, 0.1) is 11.6 Å². The molecule has 0 atom stereocenters. The number of pyridine rings is 2. The van der Waals surface area contributed by atoms with E-state index in [0.717, 1.165) is 5.56 Å². The molecule has 8 nitrogen and oxygen atoms in total. The fourth-order valence-corrected chi connectivity index (χ4v) is 4.49. The van der Waals surface area contributed by atoms with E-state index in [9.17, 15) is 26.7 Å². The van der Waals surface area contributed by atoms with Crippen molar-refractivity contribution in [2.45, 2.75) is 51.3 Å². The maximum atomic E-state index is 13.1. The molecule has 0 aromatic carbocycles. The lowest BCUT2D eigenvalue weighted by Crippen LogP contribution is -2.40. The van der Waals surface area contributed by atoms with Crippen LogP contribution < -0.4 is 15.4 Å². The Labute approximate surface area is 213 Å². The van der Waals surface area contributed by atoms with Crippen LogP contribution in [0.4, 0.5) is 33.6 Å². The van der Waals surface area contributed by atoms with Crippen molar-refractivity contribution >= 4 is 40.3 Å². The van der Waals surface area contributed by atoms with Crippen molar-refractivity contribution in [1.82, 2.24) is 24.8 Å². The second-order valence-corrected chi connectivity index (χ2v) is 9.22. The Balaban J connectivity index is 1.62. The molecule has 200 valence electrons. The number of halogens is 6. The predicted octanol–water partition coefficient (Wildman–Crippen LogP) is 5.56. The van der Waals surface area contributed by atoms with Gasteiger partial charge in [-0.2, -0.15) is 18.2 Å². The summed E-state index contributed by atoms with van der Waals surface area (Å²) in [5.74, 6) is -2.14. The summed E-state index contributed by atoms with van der Waals surface area (Å²) >= 11 is 6.19. The zero-order valence-corrected chi connectivity index (χ0v) is 20.6. The summed E-state index contributed by atoms with van der Waals surface area (Å²) in [4.78, 5) is 25.8. The Morgan fingerprint density at radius 1 is 1.24 bits per heavy atom. The van der Waals surface area contributed by atoms with Crippen LogP contribution in [0.1, 0.15) is 41.6 Å². The van der Waals surface area contributed by atoms with Crippen LogP contribution in [0.15, 0.2) is 18.3 Å². The van der Waals surface area contributed by atoms with E-state index in [1.165, 1.54) is 10.6 Å². The van der Waals surface area contributed by atoms with Crippen LogP contribution in [-0.4, -0.2) is 50.7 Å². The number of amides is 1. The number of anilines is 2. The number of rotatable bonds is 7. The topological polar surface area (TPSA) is 94.0 Å². The maximum absolute atomic E-state index is 13.1. The molecule has 3 heterocycles.